The largest absolute Gasteiger partial charge is 0.497 e. The number of primary amides is 1. The predicted molar refractivity (Wildman–Crippen MR) is 148 cm³/mol. The van der Waals surface area contributed by atoms with Gasteiger partial charge in [0.05, 0.1) is 12.8 Å². The van der Waals surface area contributed by atoms with E-state index in [9.17, 15) is 14.4 Å². The molecule has 0 bridgehead atoms. The molecule has 0 saturated heterocycles. The Morgan fingerprint density at radius 1 is 1.10 bits per heavy atom. The van der Waals surface area contributed by atoms with Crippen LogP contribution in [0.4, 0.5) is 5.69 Å². The van der Waals surface area contributed by atoms with Crippen LogP contribution in [0.25, 0.3) is 0 Å². The Hall–Kier alpha value is -4.32. The summed E-state index contributed by atoms with van der Waals surface area (Å²) in [5.41, 5.74) is 12.6. The number of carbonyl (C=O) groups is 3. The van der Waals surface area contributed by atoms with Gasteiger partial charge in [0.2, 0.25) is 12.7 Å². The van der Waals surface area contributed by atoms with Crippen molar-refractivity contribution in [3.05, 3.63) is 64.2 Å². The van der Waals surface area contributed by atoms with E-state index in [1.165, 1.54) is 4.90 Å². The summed E-state index contributed by atoms with van der Waals surface area (Å²) in [6.45, 7) is 0.139. The fourth-order valence-corrected chi connectivity index (χ4v) is 5.82. The Morgan fingerprint density at radius 3 is 2.50 bits per heavy atom. The van der Waals surface area contributed by atoms with E-state index in [0.717, 1.165) is 43.6 Å². The highest BCUT2D eigenvalue weighted by Crippen LogP contribution is 2.35. The lowest BCUT2D eigenvalue weighted by atomic mass is 9.94. The van der Waals surface area contributed by atoms with Crippen LogP contribution in [0.3, 0.4) is 0 Å². The molecule has 5 N–H and O–H groups in total. The average molecular weight is 566 g/mol. The number of carbonyl (C=O) groups excluding carboxylic acids is 3. The van der Waals surface area contributed by atoms with Crippen molar-refractivity contribution in [3.8, 4) is 17.2 Å². The molecule has 3 amide bonds. The Balaban J connectivity index is 1.57. The number of nitrogens with zero attached hydrogens (tertiary/aromatic N) is 2. The van der Waals surface area contributed by atoms with E-state index < -0.39 is 17.9 Å². The lowest BCUT2D eigenvalue weighted by molar-refractivity contribution is -0.127. The van der Waals surface area contributed by atoms with Crippen LogP contribution in [0, 0.1) is 0 Å². The van der Waals surface area contributed by atoms with Gasteiger partial charge in [0.15, 0.2) is 17.2 Å². The highest BCUT2D eigenvalue weighted by atomic mass is 32.1. The summed E-state index contributed by atoms with van der Waals surface area (Å²) < 4.78 is 20.3. The Bertz CT molecular complexity index is 1400. The topological polar surface area (TPSA) is 159 Å². The van der Waals surface area contributed by atoms with E-state index in [1.807, 2.05) is 6.07 Å². The number of nitrogens with one attached hydrogen (secondary N) is 1. The summed E-state index contributed by atoms with van der Waals surface area (Å²) in [5, 5.41) is 3.17. The maximum absolute atomic E-state index is 14.2. The molecule has 1 aromatic heterocycles. The fraction of sp³-hybridized carbons (Fsp3) is 0.357. The van der Waals surface area contributed by atoms with Gasteiger partial charge in [-0.05, 0) is 59.8 Å². The van der Waals surface area contributed by atoms with Gasteiger partial charge < -0.3 is 35.9 Å². The van der Waals surface area contributed by atoms with Gasteiger partial charge in [-0.2, -0.15) is 4.37 Å². The number of fused-ring (bicyclic) bond motifs is 1. The van der Waals surface area contributed by atoms with Crippen LogP contribution < -0.4 is 31.0 Å². The third kappa shape index (κ3) is 5.67. The molecular formula is C28H31N5O6S. The van der Waals surface area contributed by atoms with Gasteiger partial charge >= 0.3 is 0 Å². The number of nitrogen functional groups attached to an aromatic ring is 1. The minimum Gasteiger partial charge on any atom is -0.497 e. The molecule has 2 heterocycles. The van der Waals surface area contributed by atoms with Crippen molar-refractivity contribution in [2.75, 3.05) is 19.6 Å². The van der Waals surface area contributed by atoms with Gasteiger partial charge in [-0.1, -0.05) is 37.5 Å². The molecule has 5 rings (SSSR count). The predicted octanol–water partition coefficient (Wildman–Crippen LogP) is 3.39. The van der Waals surface area contributed by atoms with Crippen molar-refractivity contribution in [3.63, 3.8) is 0 Å². The lowest BCUT2D eigenvalue weighted by Gasteiger charge is -2.33. The molecule has 2 aromatic carbocycles. The van der Waals surface area contributed by atoms with E-state index in [2.05, 4.69) is 9.69 Å². The number of anilines is 1. The van der Waals surface area contributed by atoms with Crippen LogP contribution in [0.1, 0.15) is 69.4 Å². The van der Waals surface area contributed by atoms with Crippen molar-refractivity contribution in [1.82, 2.24) is 14.6 Å². The summed E-state index contributed by atoms with van der Waals surface area (Å²) in [5.74, 6) is 0.0506. The van der Waals surface area contributed by atoms with E-state index in [1.54, 1.807) is 43.5 Å². The second-order valence-electron chi connectivity index (χ2n) is 9.78. The zero-order chi connectivity index (χ0) is 28.2. The van der Waals surface area contributed by atoms with Crippen LogP contribution in [-0.2, 0) is 11.3 Å². The quantitative estimate of drug-likeness (QED) is 0.356. The Kier molecular flexibility index (Phi) is 8.06. The van der Waals surface area contributed by atoms with Crippen molar-refractivity contribution >= 4 is 34.9 Å². The smallest absolute Gasteiger partial charge is 0.270 e. The van der Waals surface area contributed by atoms with Crippen LogP contribution >= 0.6 is 11.5 Å². The van der Waals surface area contributed by atoms with E-state index in [4.69, 9.17) is 25.7 Å². The van der Waals surface area contributed by atoms with E-state index in [0.29, 0.717) is 28.4 Å². The standard InChI is InChI=1S/C28H31N5O6S/c1-37-19-10-8-17(9-11-19)24(27(35)31-18-5-3-2-4-6-18)33(14-16-7-12-20-21(13-16)39-15-38-20)28(36)25-22(29)23(26(30)34)32-40-25/h7-13,18,24H,2-6,14-15,29H2,1H3,(H2,30,34)(H,31,35). The van der Waals surface area contributed by atoms with Crippen LogP contribution in [0.15, 0.2) is 42.5 Å². The second kappa shape index (κ2) is 11.8. The zero-order valence-corrected chi connectivity index (χ0v) is 22.9. The zero-order valence-electron chi connectivity index (χ0n) is 22.1. The van der Waals surface area contributed by atoms with Crippen LogP contribution in [0.5, 0.6) is 17.2 Å². The molecule has 12 heteroatoms. The van der Waals surface area contributed by atoms with Gasteiger partial charge in [-0.25, -0.2) is 0 Å². The SMILES string of the molecule is COc1ccc(C(C(=O)NC2CCCCC2)N(Cc2ccc3c(c2)OCO3)C(=O)c2snc(C(N)=O)c2N)cc1. The van der Waals surface area contributed by atoms with Gasteiger partial charge in [0, 0.05) is 12.6 Å². The number of rotatable bonds is 9. The third-order valence-corrected chi connectivity index (χ3v) is 8.00. The van der Waals surface area contributed by atoms with Gasteiger partial charge in [-0.3, -0.25) is 14.4 Å². The molecule has 1 aliphatic heterocycles. The van der Waals surface area contributed by atoms with Crippen molar-refractivity contribution in [2.45, 2.75) is 50.7 Å². The molecule has 1 fully saturated rings. The summed E-state index contributed by atoms with van der Waals surface area (Å²) in [4.78, 5) is 41.5. The number of ether oxygens (including phenoxy) is 3. The molecule has 40 heavy (non-hydrogen) atoms. The molecule has 0 radical (unpaired) electrons. The van der Waals surface area contributed by atoms with Gasteiger partial charge in [-0.15, -0.1) is 0 Å². The average Bonchev–Trinajstić information content (AvgIpc) is 3.59. The molecule has 210 valence electrons. The van der Waals surface area contributed by atoms with Crippen molar-refractivity contribution in [2.24, 2.45) is 5.73 Å². The monoisotopic (exact) mass is 565 g/mol. The van der Waals surface area contributed by atoms with Gasteiger partial charge in [0.25, 0.3) is 11.8 Å². The Labute approximate surface area is 235 Å². The van der Waals surface area contributed by atoms with Crippen molar-refractivity contribution < 1.29 is 28.6 Å². The van der Waals surface area contributed by atoms with E-state index in [-0.39, 0.29) is 41.5 Å². The number of hydrogen-bond acceptors (Lipinski definition) is 9. The highest BCUT2D eigenvalue weighted by molar-refractivity contribution is 7.09. The molecule has 1 unspecified atom stereocenters. The molecule has 11 nitrogen and oxygen atoms in total. The first-order valence-corrected chi connectivity index (χ1v) is 13.8. The second-order valence-corrected chi connectivity index (χ2v) is 10.6. The molecular weight excluding hydrogens is 534 g/mol. The maximum atomic E-state index is 14.2. The molecule has 1 saturated carbocycles. The first-order valence-electron chi connectivity index (χ1n) is 13.0. The summed E-state index contributed by atoms with van der Waals surface area (Å²) in [6, 6.07) is 11.3. The Morgan fingerprint density at radius 2 is 1.82 bits per heavy atom. The van der Waals surface area contributed by atoms with E-state index >= 15 is 0 Å². The minimum absolute atomic E-state index is 0.0134. The fourth-order valence-electron chi connectivity index (χ4n) is 5.06. The maximum Gasteiger partial charge on any atom is 0.270 e. The van der Waals surface area contributed by atoms with Gasteiger partial charge in [0.1, 0.15) is 16.7 Å². The molecule has 2 aliphatic rings. The first-order chi connectivity index (χ1) is 19.4. The highest BCUT2D eigenvalue weighted by Gasteiger charge is 2.36. The first kappa shape index (κ1) is 27.3. The van der Waals surface area contributed by atoms with Crippen molar-refractivity contribution in [1.29, 1.82) is 0 Å². The van der Waals surface area contributed by atoms with Crippen LogP contribution in [0.2, 0.25) is 0 Å². The normalized spacial score (nSPS) is 15.3. The number of nitrogens with two attached hydrogens (primary N) is 2. The molecule has 1 aliphatic carbocycles. The third-order valence-electron chi connectivity index (χ3n) is 7.15. The lowest BCUT2D eigenvalue weighted by Crippen LogP contribution is -2.46. The molecule has 1 atom stereocenters. The summed E-state index contributed by atoms with van der Waals surface area (Å²) in [7, 11) is 1.56. The number of methoxy groups -OCH3 is 1. The molecule has 0 spiro atoms. The number of benzene rings is 2. The minimum atomic E-state index is -1.02. The summed E-state index contributed by atoms with van der Waals surface area (Å²) in [6.07, 6.45) is 4.95. The number of amides is 3. The number of aromatic nitrogens is 1. The number of hydrogen-bond donors (Lipinski definition) is 3. The van der Waals surface area contributed by atoms with Crippen LogP contribution in [-0.4, -0.2) is 46.9 Å². The molecule has 3 aromatic rings. The summed E-state index contributed by atoms with van der Waals surface area (Å²) >= 11 is 0.774.